The van der Waals surface area contributed by atoms with Gasteiger partial charge in [-0.05, 0) is 37.1 Å². The zero-order valence-electron chi connectivity index (χ0n) is 12.8. The van der Waals surface area contributed by atoms with Crippen LogP contribution in [-0.2, 0) is 6.54 Å². The van der Waals surface area contributed by atoms with Crippen molar-refractivity contribution < 1.29 is 0 Å². The van der Waals surface area contributed by atoms with E-state index in [1.807, 2.05) is 34.9 Å². The molecule has 0 saturated carbocycles. The summed E-state index contributed by atoms with van der Waals surface area (Å²) in [6, 6.07) is 13.7. The third kappa shape index (κ3) is 3.19. The molecule has 3 heterocycles. The fraction of sp³-hybridized carbons (Fsp3) is 0.316. The summed E-state index contributed by atoms with van der Waals surface area (Å²) < 4.78 is 1.95. The van der Waals surface area contributed by atoms with Crippen LogP contribution in [0.2, 0.25) is 0 Å². The van der Waals surface area contributed by atoms with Crippen molar-refractivity contribution in [1.82, 2.24) is 9.88 Å². The zero-order valence-corrected chi connectivity index (χ0v) is 13.6. The van der Waals surface area contributed by atoms with Crippen LogP contribution in [0.5, 0.6) is 0 Å². The van der Waals surface area contributed by atoms with Gasteiger partial charge in [0.1, 0.15) is 0 Å². The fourth-order valence-electron chi connectivity index (χ4n) is 3.54. The Kier molecular flexibility index (Phi) is 4.56. The van der Waals surface area contributed by atoms with Gasteiger partial charge in [-0.2, -0.15) is 0 Å². The van der Waals surface area contributed by atoms with Gasteiger partial charge in [-0.25, -0.2) is 0 Å². The number of aromatic nitrogens is 1. The summed E-state index contributed by atoms with van der Waals surface area (Å²) in [4.78, 5) is 12.4. The molecule has 1 aromatic heterocycles. The second-order valence-electron chi connectivity index (χ2n) is 6.19. The van der Waals surface area contributed by atoms with E-state index in [4.69, 9.17) is 0 Å². The third-order valence-corrected chi connectivity index (χ3v) is 4.59. The average Bonchev–Trinajstić information content (AvgIpc) is 2.55. The highest BCUT2D eigenvalue weighted by Crippen LogP contribution is 2.31. The second kappa shape index (κ2) is 6.62. The lowest BCUT2D eigenvalue weighted by molar-refractivity contribution is 0.257. The van der Waals surface area contributed by atoms with E-state index >= 15 is 0 Å². The van der Waals surface area contributed by atoms with E-state index in [0.717, 1.165) is 36.5 Å². The molecular weight excluding hydrogens is 308 g/mol. The topological polar surface area (TPSA) is 34.0 Å². The molecule has 0 amide bonds. The summed E-state index contributed by atoms with van der Waals surface area (Å²) in [5.74, 6) is 7.31. The number of fused-ring (bicyclic) bond motifs is 4. The molecule has 2 atom stereocenters. The molecular formula is C19H19ClN2O. The van der Waals surface area contributed by atoms with Crippen LogP contribution in [0.1, 0.15) is 29.2 Å². The Bertz CT molecular complexity index is 817. The lowest BCUT2D eigenvalue weighted by atomic mass is 9.84. The number of nitrogens with zero attached hydrogens (tertiary/aromatic N) is 1. The number of hydrogen-bond donors (Lipinski definition) is 1. The van der Waals surface area contributed by atoms with Gasteiger partial charge in [0.15, 0.2) is 0 Å². The SMILES string of the molecule is Cl.O=c1cc(C#Cc2ccccc2)cc2n1CC1CNC[C@@H]2C1. The number of hydrogen-bond acceptors (Lipinski definition) is 2. The molecule has 2 aliphatic heterocycles. The smallest absolute Gasteiger partial charge is 0.251 e. The van der Waals surface area contributed by atoms with Crippen LogP contribution < -0.4 is 10.9 Å². The monoisotopic (exact) mass is 326 g/mol. The highest BCUT2D eigenvalue weighted by atomic mass is 35.5. The van der Waals surface area contributed by atoms with Gasteiger partial charge in [-0.1, -0.05) is 30.0 Å². The van der Waals surface area contributed by atoms with Crippen LogP contribution in [0.15, 0.2) is 47.3 Å². The Morgan fingerprint density at radius 1 is 1.04 bits per heavy atom. The largest absolute Gasteiger partial charge is 0.316 e. The average molecular weight is 327 g/mol. The number of halogens is 1. The van der Waals surface area contributed by atoms with E-state index in [0.29, 0.717) is 11.8 Å². The molecule has 0 aliphatic carbocycles. The summed E-state index contributed by atoms with van der Waals surface area (Å²) in [6.07, 6.45) is 1.18. The lowest BCUT2D eigenvalue weighted by Crippen LogP contribution is -2.44. The molecule has 1 N–H and O–H groups in total. The minimum absolute atomic E-state index is 0. The van der Waals surface area contributed by atoms with Crippen LogP contribution in [0.4, 0.5) is 0 Å². The van der Waals surface area contributed by atoms with E-state index in [2.05, 4.69) is 23.2 Å². The van der Waals surface area contributed by atoms with Crippen molar-refractivity contribution in [1.29, 1.82) is 0 Å². The molecule has 2 aliphatic rings. The number of rotatable bonds is 0. The highest BCUT2D eigenvalue weighted by Gasteiger charge is 2.30. The standard InChI is InChI=1S/C19H18N2O.ClH/c22-19-10-15(7-6-14-4-2-1-3-5-14)9-18-17-8-16(11-20-12-17)13-21(18)19;/h1-5,9-10,16-17,20H,8,11-13H2;1H/t16?,17-;/m0./s1. The Hall–Kier alpha value is -2.02. The number of piperidine rings is 1. The molecule has 4 rings (SSSR count). The molecule has 0 radical (unpaired) electrons. The van der Waals surface area contributed by atoms with E-state index in [1.54, 1.807) is 6.07 Å². The van der Waals surface area contributed by atoms with Gasteiger partial charge < -0.3 is 9.88 Å². The second-order valence-corrected chi connectivity index (χ2v) is 6.19. The zero-order chi connectivity index (χ0) is 14.9. The third-order valence-electron chi connectivity index (χ3n) is 4.59. The molecule has 1 aromatic carbocycles. The van der Waals surface area contributed by atoms with E-state index < -0.39 is 0 Å². The van der Waals surface area contributed by atoms with Gasteiger partial charge >= 0.3 is 0 Å². The minimum Gasteiger partial charge on any atom is -0.316 e. The quantitative estimate of drug-likeness (QED) is 0.754. The van der Waals surface area contributed by atoms with Crippen molar-refractivity contribution in [2.75, 3.05) is 13.1 Å². The summed E-state index contributed by atoms with van der Waals surface area (Å²) in [6.45, 7) is 2.83. The van der Waals surface area contributed by atoms with Crippen LogP contribution in [0.3, 0.4) is 0 Å². The summed E-state index contributed by atoms with van der Waals surface area (Å²) >= 11 is 0. The summed E-state index contributed by atoms with van der Waals surface area (Å²) in [7, 11) is 0. The van der Waals surface area contributed by atoms with E-state index in [1.165, 1.54) is 6.42 Å². The van der Waals surface area contributed by atoms with Crippen LogP contribution in [-0.4, -0.2) is 17.7 Å². The predicted octanol–water partition coefficient (Wildman–Crippen LogP) is 2.38. The Labute approximate surface area is 142 Å². The van der Waals surface area contributed by atoms with Gasteiger partial charge in [0.05, 0.1) is 0 Å². The number of nitrogens with one attached hydrogen (secondary N) is 1. The van der Waals surface area contributed by atoms with Gasteiger partial charge in [-0.15, -0.1) is 12.4 Å². The molecule has 1 saturated heterocycles. The van der Waals surface area contributed by atoms with Crippen molar-refractivity contribution in [3.63, 3.8) is 0 Å². The first-order valence-corrected chi connectivity index (χ1v) is 7.82. The first-order valence-electron chi connectivity index (χ1n) is 7.82. The Morgan fingerprint density at radius 2 is 1.83 bits per heavy atom. The first kappa shape index (κ1) is 15.9. The van der Waals surface area contributed by atoms with Gasteiger partial charge in [0, 0.05) is 41.9 Å². The van der Waals surface area contributed by atoms with Crippen LogP contribution in [0.25, 0.3) is 0 Å². The highest BCUT2D eigenvalue weighted by molar-refractivity contribution is 5.85. The van der Waals surface area contributed by atoms with Crippen molar-refractivity contribution >= 4 is 12.4 Å². The maximum absolute atomic E-state index is 12.4. The molecule has 4 heteroatoms. The van der Waals surface area contributed by atoms with Crippen molar-refractivity contribution in [3.05, 3.63) is 69.6 Å². The normalized spacial score (nSPS) is 21.4. The van der Waals surface area contributed by atoms with Crippen LogP contribution in [0, 0.1) is 17.8 Å². The van der Waals surface area contributed by atoms with Gasteiger partial charge in [0.2, 0.25) is 0 Å². The molecule has 2 bridgehead atoms. The molecule has 118 valence electrons. The molecule has 1 unspecified atom stereocenters. The van der Waals surface area contributed by atoms with Crippen molar-refractivity contribution in [2.24, 2.45) is 5.92 Å². The predicted molar refractivity (Wildman–Crippen MR) is 94.1 cm³/mol. The molecule has 23 heavy (non-hydrogen) atoms. The van der Waals surface area contributed by atoms with Crippen LogP contribution >= 0.6 is 12.4 Å². The molecule has 3 nitrogen and oxygen atoms in total. The minimum atomic E-state index is 0. The maximum atomic E-state index is 12.4. The fourth-order valence-corrected chi connectivity index (χ4v) is 3.54. The summed E-state index contributed by atoms with van der Waals surface area (Å²) in [5, 5.41) is 3.47. The van der Waals surface area contributed by atoms with E-state index in [9.17, 15) is 4.79 Å². The maximum Gasteiger partial charge on any atom is 0.251 e. The van der Waals surface area contributed by atoms with Gasteiger partial charge in [-0.3, -0.25) is 4.79 Å². The van der Waals surface area contributed by atoms with Crippen molar-refractivity contribution in [3.8, 4) is 11.8 Å². The molecule has 1 fully saturated rings. The van der Waals surface area contributed by atoms with E-state index in [-0.39, 0.29) is 18.0 Å². The molecule has 0 spiro atoms. The Balaban J connectivity index is 0.00000156. The first-order chi connectivity index (χ1) is 10.8. The molecule has 2 aromatic rings. The summed E-state index contributed by atoms with van der Waals surface area (Å²) in [5.41, 5.74) is 3.03. The van der Waals surface area contributed by atoms with Crippen molar-refractivity contribution in [2.45, 2.75) is 18.9 Å². The van der Waals surface area contributed by atoms with Gasteiger partial charge in [0.25, 0.3) is 5.56 Å². The number of pyridine rings is 1. The number of benzene rings is 1. The lowest BCUT2D eigenvalue weighted by Gasteiger charge is -2.37. The Morgan fingerprint density at radius 3 is 2.65 bits per heavy atom.